The Kier molecular flexibility index (Phi) is 4.73. The molecule has 2 nitrogen and oxygen atoms in total. The minimum absolute atomic E-state index is 0.0162. The van der Waals surface area contributed by atoms with Crippen molar-refractivity contribution in [3.8, 4) is 5.75 Å². The second-order valence-corrected chi connectivity index (χ2v) is 5.41. The summed E-state index contributed by atoms with van der Waals surface area (Å²) in [4.78, 5) is 0. The first-order valence-electron chi connectivity index (χ1n) is 6.09. The highest BCUT2D eigenvalue weighted by Crippen LogP contribution is 2.28. The molecule has 0 spiro atoms. The maximum absolute atomic E-state index is 13.5. The lowest BCUT2D eigenvalue weighted by molar-refractivity contribution is 0.295. The van der Waals surface area contributed by atoms with E-state index in [1.165, 1.54) is 12.1 Å². The molecule has 20 heavy (non-hydrogen) atoms. The van der Waals surface area contributed by atoms with Gasteiger partial charge in [0.25, 0.3) is 0 Å². The molecule has 106 valence electrons. The molecule has 2 N–H and O–H groups in total. The van der Waals surface area contributed by atoms with Gasteiger partial charge in [-0.15, -0.1) is 0 Å². The topological polar surface area (TPSA) is 35.2 Å². The van der Waals surface area contributed by atoms with Gasteiger partial charge in [0.15, 0.2) is 0 Å². The Morgan fingerprint density at radius 1 is 1.20 bits per heavy atom. The smallest absolute Gasteiger partial charge is 0.132 e. The van der Waals surface area contributed by atoms with E-state index in [9.17, 15) is 8.78 Å². The first kappa shape index (κ1) is 14.9. The number of hydrogen-bond donors (Lipinski definition) is 1. The molecule has 2 aromatic carbocycles. The minimum Gasteiger partial charge on any atom is -0.488 e. The van der Waals surface area contributed by atoms with Crippen molar-refractivity contribution in [3.05, 3.63) is 63.6 Å². The van der Waals surface area contributed by atoms with Crippen molar-refractivity contribution in [1.29, 1.82) is 0 Å². The lowest BCUT2D eigenvalue weighted by atomic mass is 10.1. The second-order valence-electron chi connectivity index (χ2n) is 4.50. The molecule has 0 amide bonds. The average molecular weight is 342 g/mol. The number of benzene rings is 2. The van der Waals surface area contributed by atoms with Crippen LogP contribution in [0.3, 0.4) is 0 Å². The van der Waals surface area contributed by atoms with Crippen molar-refractivity contribution < 1.29 is 13.5 Å². The maximum atomic E-state index is 13.5. The number of hydrogen-bond acceptors (Lipinski definition) is 2. The highest BCUT2D eigenvalue weighted by Gasteiger charge is 2.10. The zero-order valence-corrected chi connectivity index (χ0v) is 12.5. The van der Waals surface area contributed by atoms with Crippen LogP contribution in [0.15, 0.2) is 40.9 Å². The molecule has 5 heteroatoms. The van der Waals surface area contributed by atoms with Crippen molar-refractivity contribution in [1.82, 2.24) is 0 Å². The lowest BCUT2D eigenvalue weighted by Gasteiger charge is -2.14. The van der Waals surface area contributed by atoms with Gasteiger partial charge in [-0.05, 0) is 31.2 Å². The predicted molar refractivity (Wildman–Crippen MR) is 77.4 cm³/mol. The fourth-order valence-corrected chi connectivity index (χ4v) is 2.14. The fraction of sp³-hybridized carbons (Fsp3) is 0.200. The van der Waals surface area contributed by atoms with E-state index >= 15 is 0 Å². The van der Waals surface area contributed by atoms with Crippen molar-refractivity contribution in [2.75, 3.05) is 0 Å². The molecule has 0 saturated heterocycles. The predicted octanol–water partition coefficient (Wildman–Crippen LogP) is 4.33. The first-order chi connectivity index (χ1) is 9.47. The molecule has 2 aromatic rings. The van der Waals surface area contributed by atoms with Gasteiger partial charge >= 0.3 is 0 Å². The van der Waals surface area contributed by atoms with E-state index in [1.54, 1.807) is 6.07 Å². The van der Waals surface area contributed by atoms with Crippen molar-refractivity contribution >= 4 is 15.9 Å². The Hall–Kier alpha value is -1.46. The molecule has 0 unspecified atom stereocenters. The van der Waals surface area contributed by atoms with Crippen LogP contribution in [0.1, 0.15) is 24.1 Å². The zero-order valence-electron chi connectivity index (χ0n) is 10.9. The molecular formula is C15H14BrF2NO. The summed E-state index contributed by atoms with van der Waals surface area (Å²) in [6, 6.07) is 8.71. The molecule has 0 aliphatic heterocycles. The number of nitrogens with two attached hydrogens (primary N) is 1. The van der Waals surface area contributed by atoms with Crippen LogP contribution in [0.25, 0.3) is 0 Å². The molecule has 0 saturated carbocycles. The summed E-state index contributed by atoms with van der Waals surface area (Å²) in [5.74, 6) is -0.648. The normalized spacial score (nSPS) is 12.2. The van der Waals surface area contributed by atoms with Crippen LogP contribution in [-0.4, -0.2) is 0 Å². The Morgan fingerprint density at radius 3 is 2.60 bits per heavy atom. The van der Waals surface area contributed by atoms with E-state index in [0.29, 0.717) is 11.3 Å². The number of halogens is 3. The quantitative estimate of drug-likeness (QED) is 0.898. The monoisotopic (exact) mass is 341 g/mol. The summed E-state index contributed by atoms with van der Waals surface area (Å²) in [7, 11) is 0. The molecule has 0 aliphatic carbocycles. The highest BCUT2D eigenvalue weighted by molar-refractivity contribution is 9.10. The van der Waals surface area contributed by atoms with Crippen LogP contribution < -0.4 is 10.5 Å². The standard InChI is InChI=1S/C15H14BrF2NO/c1-9(19)13-5-3-11(16)6-15(13)20-8-10-2-4-12(17)7-14(10)18/h2-7,9H,8,19H2,1H3/t9-/m0/s1. The highest BCUT2D eigenvalue weighted by atomic mass is 79.9. The van der Waals surface area contributed by atoms with Gasteiger partial charge in [-0.25, -0.2) is 8.78 Å². The van der Waals surface area contributed by atoms with Gasteiger partial charge in [0.05, 0.1) is 0 Å². The van der Waals surface area contributed by atoms with E-state index in [4.69, 9.17) is 10.5 Å². The van der Waals surface area contributed by atoms with Crippen LogP contribution >= 0.6 is 15.9 Å². The third-order valence-electron chi connectivity index (χ3n) is 2.86. The van der Waals surface area contributed by atoms with Crippen LogP contribution in [-0.2, 0) is 6.61 Å². The summed E-state index contributed by atoms with van der Waals surface area (Å²) in [6.45, 7) is 1.86. The van der Waals surface area contributed by atoms with Gasteiger partial charge < -0.3 is 10.5 Å². The van der Waals surface area contributed by atoms with Gasteiger partial charge in [-0.3, -0.25) is 0 Å². The van der Waals surface area contributed by atoms with Crippen LogP contribution in [0.5, 0.6) is 5.75 Å². The third kappa shape index (κ3) is 3.55. The van der Waals surface area contributed by atoms with Crippen molar-refractivity contribution in [3.63, 3.8) is 0 Å². The van der Waals surface area contributed by atoms with Gasteiger partial charge in [0, 0.05) is 27.7 Å². The summed E-state index contributed by atoms with van der Waals surface area (Å²) in [5, 5.41) is 0. The van der Waals surface area contributed by atoms with Crippen LogP contribution in [0, 0.1) is 11.6 Å². The van der Waals surface area contributed by atoms with E-state index in [2.05, 4.69) is 15.9 Å². The minimum atomic E-state index is -0.623. The maximum Gasteiger partial charge on any atom is 0.132 e. The Bertz CT molecular complexity index is 617. The molecule has 0 radical (unpaired) electrons. The second kappa shape index (κ2) is 6.33. The number of rotatable bonds is 4. The van der Waals surface area contributed by atoms with E-state index in [-0.39, 0.29) is 12.6 Å². The average Bonchev–Trinajstić information content (AvgIpc) is 2.37. The number of ether oxygens (including phenoxy) is 1. The van der Waals surface area contributed by atoms with Crippen molar-refractivity contribution in [2.45, 2.75) is 19.6 Å². The Balaban J connectivity index is 2.20. The summed E-state index contributed by atoms with van der Waals surface area (Å²) in [5.41, 5.74) is 6.99. The molecule has 0 aliphatic rings. The molecule has 2 rings (SSSR count). The largest absolute Gasteiger partial charge is 0.488 e. The van der Waals surface area contributed by atoms with E-state index in [1.807, 2.05) is 19.1 Å². The van der Waals surface area contributed by atoms with Crippen LogP contribution in [0.2, 0.25) is 0 Å². The van der Waals surface area contributed by atoms with Gasteiger partial charge in [-0.1, -0.05) is 22.0 Å². The molecule has 0 fully saturated rings. The third-order valence-corrected chi connectivity index (χ3v) is 3.36. The van der Waals surface area contributed by atoms with Gasteiger partial charge in [0.2, 0.25) is 0 Å². The molecule has 0 aromatic heterocycles. The summed E-state index contributed by atoms with van der Waals surface area (Å²) >= 11 is 3.35. The Labute approximate surface area is 124 Å². The van der Waals surface area contributed by atoms with Crippen LogP contribution in [0.4, 0.5) is 8.78 Å². The Morgan fingerprint density at radius 2 is 1.95 bits per heavy atom. The van der Waals surface area contributed by atoms with Gasteiger partial charge in [-0.2, -0.15) is 0 Å². The van der Waals surface area contributed by atoms with Gasteiger partial charge in [0.1, 0.15) is 24.0 Å². The zero-order chi connectivity index (χ0) is 14.7. The molecule has 0 heterocycles. The molecular weight excluding hydrogens is 328 g/mol. The molecule has 1 atom stereocenters. The first-order valence-corrected chi connectivity index (χ1v) is 6.88. The summed E-state index contributed by atoms with van der Waals surface area (Å²) in [6.07, 6.45) is 0. The van der Waals surface area contributed by atoms with E-state index in [0.717, 1.165) is 16.1 Å². The molecule has 0 bridgehead atoms. The fourth-order valence-electron chi connectivity index (χ4n) is 1.80. The lowest BCUT2D eigenvalue weighted by Crippen LogP contribution is -2.08. The van der Waals surface area contributed by atoms with E-state index < -0.39 is 11.6 Å². The summed E-state index contributed by atoms with van der Waals surface area (Å²) < 4.78 is 32.8. The SMILES string of the molecule is C[C@H](N)c1ccc(Br)cc1OCc1ccc(F)cc1F. The van der Waals surface area contributed by atoms with Crippen molar-refractivity contribution in [2.24, 2.45) is 5.73 Å².